The lowest BCUT2D eigenvalue weighted by Gasteiger charge is -2.38. The number of rotatable bonds is 2. The molecule has 1 aliphatic heterocycles. The van der Waals surface area contributed by atoms with Crippen LogP contribution in [-0.2, 0) is 4.74 Å². The van der Waals surface area contributed by atoms with Crippen molar-refractivity contribution in [2.45, 2.75) is 25.4 Å². The van der Waals surface area contributed by atoms with E-state index in [0.29, 0.717) is 0 Å². The van der Waals surface area contributed by atoms with Crippen molar-refractivity contribution in [3.05, 3.63) is 0 Å². The van der Waals surface area contributed by atoms with Crippen molar-refractivity contribution in [2.75, 3.05) is 13.2 Å². The van der Waals surface area contributed by atoms with Gasteiger partial charge in [0.15, 0.2) is 0 Å². The number of hydrogen-bond donors (Lipinski definition) is 1. The van der Waals surface area contributed by atoms with Crippen LogP contribution in [0.3, 0.4) is 0 Å². The molecule has 0 radical (unpaired) electrons. The van der Waals surface area contributed by atoms with Crippen molar-refractivity contribution in [1.29, 1.82) is 0 Å². The summed E-state index contributed by atoms with van der Waals surface area (Å²) in [4.78, 5) is 0. The van der Waals surface area contributed by atoms with Crippen LogP contribution in [0.25, 0.3) is 0 Å². The van der Waals surface area contributed by atoms with Gasteiger partial charge in [0.25, 0.3) is 0 Å². The fourth-order valence-electron chi connectivity index (χ4n) is 0.884. The van der Waals surface area contributed by atoms with Gasteiger partial charge < -0.3 is 9.84 Å². The highest BCUT2D eigenvalue weighted by molar-refractivity contribution is 4.81. The summed E-state index contributed by atoms with van der Waals surface area (Å²) in [5.74, 6) is 0. The van der Waals surface area contributed by atoms with E-state index in [2.05, 4.69) is 0 Å². The predicted molar refractivity (Wildman–Crippen MR) is 30.7 cm³/mol. The third-order valence-corrected chi connectivity index (χ3v) is 1.72. The van der Waals surface area contributed by atoms with Crippen LogP contribution >= 0.6 is 0 Å². The van der Waals surface area contributed by atoms with Crippen LogP contribution in [0.2, 0.25) is 0 Å². The minimum absolute atomic E-state index is 0.0226. The van der Waals surface area contributed by atoms with Crippen LogP contribution in [0.1, 0.15) is 19.8 Å². The summed E-state index contributed by atoms with van der Waals surface area (Å²) in [6, 6.07) is 0. The molecule has 0 saturated carbocycles. The van der Waals surface area contributed by atoms with Gasteiger partial charge in [-0.1, -0.05) is 0 Å². The first-order chi connectivity index (χ1) is 3.77. The van der Waals surface area contributed by atoms with Gasteiger partial charge in [-0.05, 0) is 19.8 Å². The van der Waals surface area contributed by atoms with Gasteiger partial charge >= 0.3 is 0 Å². The lowest BCUT2D eigenvalue weighted by atomic mass is 9.94. The molecule has 8 heavy (non-hydrogen) atoms. The van der Waals surface area contributed by atoms with Crippen molar-refractivity contribution in [3.63, 3.8) is 0 Å². The average molecular weight is 116 g/mol. The third-order valence-electron chi connectivity index (χ3n) is 1.72. The molecule has 2 nitrogen and oxygen atoms in total. The zero-order valence-corrected chi connectivity index (χ0v) is 5.18. The van der Waals surface area contributed by atoms with Crippen LogP contribution in [-0.4, -0.2) is 23.9 Å². The Morgan fingerprint density at radius 3 is 2.50 bits per heavy atom. The molecule has 0 aromatic heterocycles. The maximum atomic E-state index is 8.49. The van der Waals surface area contributed by atoms with Gasteiger partial charge in [0.05, 0.1) is 12.2 Å². The van der Waals surface area contributed by atoms with E-state index in [-0.39, 0.29) is 12.2 Å². The molecule has 0 aromatic rings. The van der Waals surface area contributed by atoms with Crippen molar-refractivity contribution in [2.24, 2.45) is 0 Å². The number of aliphatic hydroxyl groups excluding tert-OH is 1. The maximum Gasteiger partial charge on any atom is 0.0698 e. The summed E-state index contributed by atoms with van der Waals surface area (Å²) in [6.45, 7) is 3.15. The zero-order valence-electron chi connectivity index (χ0n) is 5.18. The van der Waals surface area contributed by atoms with Crippen LogP contribution < -0.4 is 0 Å². The highest BCUT2D eigenvalue weighted by Gasteiger charge is 2.31. The van der Waals surface area contributed by atoms with Gasteiger partial charge in [0, 0.05) is 6.61 Å². The number of ether oxygens (including phenoxy) is 1. The molecule has 1 heterocycles. The van der Waals surface area contributed by atoms with Gasteiger partial charge in [-0.15, -0.1) is 0 Å². The highest BCUT2D eigenvalue weighted by Crippen LogP contribution is 2.28. The molecule has 1 rings (SSSR count). The number of hydrogen-bond acceptors (Lipinski definition) is 2. The van der Waals surface area contributed by atoms with Crippen LogP contribution in [0, 0.1) is 0 Å². The third kappa shape index (κ3) is 1.01. The molecule has 0 aliphatic carbocycles. The van der Waals surface area contributed by atoms with Crippen molar-refractivity contribution >= 4 is 0 Å². The Morgan fingerprint density at radius 1 is 1.75 bits per heavy atom. The average Bonchev–Trinajstić information content (AvgIpc) is 1.64. The molecule has 0 amide bonds. The van der Waals surface area contributed by atoms with E-state index in [1.165, 1.54) is 0 Å². The Morgan fingerprint density at radius 2 is 2.38 bits per heavy atom. The second-order valence-corrected chi connectivity index (χ2v) is 2.52. The second-order valence-electron chi connectivity index (χ2n) is 2.52. The summed E-state index contributed by atoms with van der Waals surface area (Å²) in [7, 11) is 0. The van der Waals surface area contributed by atoms with Gasteiger partial charge in [0.2, 0.25) is 0 Å². The Hall–Kier alpha value is -0.0800. The van der Waals surface area contributed by atoms with Crippen molar-refractivity contribution in [3.8, 4) is 0 Å². The first-order valence-electron chi connectivity index (χ1n) is 3.02. The molecule has 0 spiro atoms. The first-order valence-corrected chi connectivity index (χ1v) is 3.02. The molecular weight excluding hydrogens is 104 g/mol. The standard InChI is InChI=1S/C6H12O2/c1-6(2-4-7)3-5-8-6/h7H,2-5H2,1H3. The molecule has 1 aliphatic rings. The monoisotopic (exact) mass is 116 g/mol. The second kappa shape index (κ2) is 2.03. The lowest BCUT2D eigenvalue weighted by Crippen LogP contribution is -2.41. The van der Waals surface area contributed by atoms with E-state index >= 15 is 0 Å². The fourth-order valence-corrected chi connectivity index (χ4v) is 0.884. The zero-order chi connectivity index (χ0) is 6.04. The normalized spacial score (nSPS) is 36.8. The molecule has 0 bridgehead atoms. The van der Waals surface area contributed by atoms with Crippen LogP contribution in [0.15, 0.2) is 0 Å². The van der Waals surface area contributed by atoms with Crippen molar-refractivity contribution in [1.82, 2.24) is 0 Å². The van der Waals surface area contributed by atoms with Crippen molar-refractivity contribution < 1.29 is 9.84 Å². The first kappa shape index (κ1) is 6.05. The Balaban J connectivity index is 2.20. The van der Waals surface area contributed by atoms with Gasteiger partial charge in [-0.2, -0.15) is 0 Å². The SMILES string of the molecule is CC1(CCO)CCO1. The summed E-state index contributed by atoms with van der Waals surface area (Å²) in [5, 5.41) is 8.49. The molecule has 1 fully saturated rings. The quantitative estimate of drug-likeness (QED) is 0.570. The Bertz CT molecular complexity index is 76.6. The number of aliphatic hydroxyl groups is 1. The fraction of sp³-hybridized carbons (Fsp3) is 1.00. The molecular formula is C6H12O2. The Kier molecular flexibility index (Phi) is 1.54. The Labute approximate surface area is 49.5 Å². The summed E-state index contributed by atoms with van der Waals surface area (Å²) >= 11 is 0. The van der Waals surface area contributed by atoms with Gasteiger partial charge in [-0.25, -0.2) is 0 Å². The molecule has 1 saturated heterocycles. The van der Waals surface area contributed by atoms with E-state index in [4.69, 9.17) is 9.84 Å². The van der Waals surface area contributed by atoms with E-state index < -0.39 is 0 Å². The van der Waals surface area contributed by atoms with E-state index in [1.54, 1.807) is 0 Å². The van der Waals surface area contributed by atoms with E-state index in [0.717, 1.165) is 19.4 Å². The van der Waals surface area contributed by atoms with Crippen LogP contribution in [0.4, 0.5) is 0 Å². The molecule has 1 unspecified atom stereocenters. The largest absolute Gasteiger partial charge is 0.396 e. The minimum atomic E-state index is 0.0226. The molecule has 2 heteroatoms. The molecule has 48 valence electrons. The smallest absolute Gasteiger partial charge is 0.0698 e. The molecule has 1 N–H and O–H groups in total. The van der Waals surface area contributed by atoms with Gasteiger partial charge in [0.1, 0.15) is 0 Å². The predicted octanol–water partition coefficient (Wildman–Crippen LogP) is 0.548. The van der Waals surface area contributed by atoms with E-state index in [9.17, 15) is 0 Å². The highest BCUT2D eigenvalue weighted by atomic mass is 16.5. The van der Waals surface area contributed by atoms with Crippen LogP contribution in [0.5, 0.6) is 0 Å². The topological polar surface area (TPSA) is 29.5 Å². The van der Waals surface area contributed by atoms with Gasteiger partial charge in [-0.3, -0.25) is 0 Å². The molecule has 0 aromatic carbocycles. The summed E-state index contributed by atoms with van der Waals surface area (Å²) in [6.07, 6.45) is 1.89. The van der Waals surface area contributed by atoms with E-state index in [1.807, 2.05) is 6.92 Å². The summed E-state index contributed by atoms with van der Waals surface area (Å²) in [5.41, 5.74) is 0.0226. The maximum absolute atomic E-state index is 8.49. The summed E-state index contributed by atoms with van der Waals surface area (Å²) < 4.78 is 5.20. The lowest BCUT2D eigenvalue weighted by molar-refractivity contribution is -0.143. The molecule has 1 atom stereocenters. The minimum Gasteiger partial charge on any atom is -0.396 e.